The first kappa shape index (κ1) is 18.0. The van der Waals surface area contributed by atoms with E-state index in [1.807, 2.05) is 36.1 Å². The van der Waals surface area contributed by atoms with E-state index in [1.165, 1.54) is 6.42 Å². The van der Waals surface area contributed by atoms with Crippen LogP contribution in [-0.4, -0.2) is 42.0 Å². The number of halogens is 1. The van der Waals surface area contributed by atoms with Gasteiger partial charge in [0.25, 0.3) is 0 Å². The van der Waals surface area contributed by atoms with Gasteiger partial charge in [-0.2, -0.15) is 5.48 Å². The molecule has 26 heavy (non-hydrogen) atoms. The van der Waals surface area contributed by atoms with E-state index < -0.39 is 5.72 Å². The lowest BCUT2D eigenvalue weighted by atomic mass is 9.91. The second kappa shape index (κ2) is 7.35. The fourth-order valence-electron chi connectivity index (χ4n) is 4.42. The van der Waals surface area contributed by atoms with Crippen LogP contribution in [0.15, 0.2) is 24.3 Å². The summed E-state index contributed by atoms with van der Waals surface area (Å²) < 4.78 is 6.03. The maximum absolute atomic E-state index is 13.1. The number of nitrogens with zero attached hydrogens (tertiary/aromatic N) is 1. The summed E-state index contributed by atoms with van der Waals surface area (Å²) in [6.45, 7) is 3.19. The molecule has 2 N–H and O–H groups in total. The van der Waals surface area contributed by atoms with Crippen molar-refractivity contribution in [3.8, 4) is 0 Å². The zero-order valence-corrected chi connectivity index (χ0v) is 15.8. The molecule has 7 heteroatoms. The quantitative estimate of drug-likeness (QED) is 0.826. The molecule has 1 aliphatic carbocycles. The average Bonchev–Trinajstić information content (AvgIpc) is 3.21. The predicted octanol–water partition coefficient (Wildman–Crippen LogP) is 3.38. The van der Waals surface area contributed by atoms with Crippen LogP contribution in [0.3, 0.4) is 0 Å². The van der Waals surface area contributed by atoms with Crippen LogP contribution in [0.2, 0.25) is 5.02 Å². The van der Waals surface area contributed by atoms with E-state index >= 15 is 0 Å². The number of hydroxylamine groups is 1. The highest BCUT2D eigenvalue weighted by atomic mass is 35.5. The Morgan fingerprint density at radius 2 is 2.08 bits per heavy atom. The summed E-state index contributed by atoms with van der Waals surface area (Å²) in [6, 6.07) is 7.18. The molecule has 3 fully saturated rings. The minimum Gasteiger partial charge on any atom is -0.354 e. The molecule has 4 rings (SSSR count). The lowest BCUT2D eigenvalue weighted by Crippen LogP contribution is -2.56. The van der Waals surface area contributed by atoms with Crippen LogP contribution in [-0.2, 0) is 9.57 Å². The van der Waals surface area contributed by atoms with E-state index in [4.69, 9.17) is 21.2 Å². The van der Waals surface area contributed by atoms with Crippen LogP contribution >= 0.6 is 11.6 Å². The highest BCUT2D eigenvalue weighted by molar-refractivity contribution is 6.31. The van der Waals surface area contributed by atoms with E-state index in [9.17, 15) is 4.79 Å². The molecule has 3 atom stereocenters. The van der Waals surface area contributed by atoms with E-state index in [1.54, 1.807) is 0 Å². The molecular weight excluding hydrogens is 354 g/mol. The Balaban J connectivity index is 1.51. The van der Waals surface area contributed by atoms with E-state index in [2.05, 4.69) is 10.8 Å². The Morgan fingerprint density at radius 3 is 2.85 bits per heavy atom. The fourth-order valence-corrected chi connectivity index (χ4v) is 4.67. The molecule has 0 aromatic heterocycles. The molecule has 1 aromatic rings. The number of nitrogens with one attached hydrogen (secondary N) is 2. The largest absolute Gasteiger partial charge is 0.354 e. The van der Waals surface area contributed by atoms with Crippen molar-refractivity contribution in [3.05, 3.63) is 34.9 Å². The number of benzene rings is 1. The summed E-state index contributed by atoms with van der Waals surface area (Å²) in [7, 11) is 0. The standard InChI is InChI=1S/C19H26ClN3O3/c1-13-16(17(22-26-13)14-7-3-4-8-15(14)20)21-18(24)23-11-12-25-19(23)9-5-2-6-10-19/h3-4,7-8,13,16-17,22H,2,5-6,9-12H2,1H3,(H,21,24). The van der Waals surface area contributed by atoms with E-state index in [-0.39, 0.29) is 24.2 Å². The van der Waals surface area contributed by atoms with Crippen LogP contribution in [0.25, 0.3) is 0 Å². The fraction of sp³-hybridized carbons (Fsp3) is 0.632. The summed E-state index contributed by atoms with van der Waals surface area (Å²) in [4.78, 5) is 20.6. The first-order valence-electron chi connectivity index (χ1n) is 9.48. The van der Waals surface area contributed by atoms with Crippen LogP contribution in [0.1, 0.15) is 50.6 Å². The van der Waals surface area contributed by atoms with Crippen molar-refractivity contribution in [1.29, 1.82) is 0 Å². The van der Waals surface area contributed by atoms with Crippen molar-refractivity contribution in [2.45, 2.75) is 62.9 Å². The Kier molecular flexibility index (Phi) is 5.10. The van der Waals surface area contributed by atoms with Gasteiger partial charge in [-0.1, -0.05) is 36.2 Å². The second-order valence-corrected chi connectivity index (χ2v) is 7.83. The van der Waals surface area contributed by atoms with Crippen LogP contribution < -0.4 is 10.8 Å². The molecule has 142 valence electrons. The minimum atomic E-state index is -0.418. The van der Waals surface area contributed by atoms with Crippen LogP contribution in [0.5, 0.6) is 0 Å². The molecule has 0 bridgehead atoms. The van der Waals surface area contributed by atoms with E-state index in [0.29, 0.717) is 18.2 Å². The van der Waals surface area contributed by atoms with Gasteiger partial charge in [-0.3, -0.25) is 9.74 Å². The third-order valence-electron chi connectivity index (χ3n) is 5.83. The second-order valence-electron chi connectivity index (χ2n) is 7.42. The number of carbonyl (C=O) groups excluding carboxylic acids is 1. The normalized spacial score (nSPS) is 30.7. The minimum absolute atomic E-state index is 0.0781. The molecule has 2 heterocycles. The number of hydrogen-bond donors (Lipinski definition) is 2. The smallest absolute Gasteiger partial charge is 0.320 e. The number of urea groups is 1. The number of ether oxygens (including phenoxy) is 1. The number of amides is 2. The summed E-state index contributed by atoms with van der Waals surface area (Å²) in [6.07, 6.45) is 5.11. The van der Waals surface area contributed by atoms with Crippen molar-refractivity contribution in [2.24, 2.45) is 0 Å². The summed E-state index contributed by atoms with van der Waals surface area (Å²) >= 11 is 6.36. The molecule has 6 nitrogen and oxygen atoms in total. The number of rotatable bonds is 2. The summed E-state index contributed by atoms with van der Waals surface area (Å²) in [5.41, 5.74) is 3.54. The number of hydrogen-bond acceptors (Lipinski definition) is 4. The Morgan fingerprint density at radius 1 is 1.31 bits per heavy atom. The SMILES string of the molecule is CC1ONC(c2ccccc2Cl)C1NC(=O)N1CCOC12CCCCC2. The number of carbonyl (C=O) groups is 1. The van der Waals surface area contributed by atoms with Gasteiger partial charge in [0.1, 0.15) is 5.72 Å². The van der Waals surface area contributed by atoms with E-state index in [0.717, 1.165) is 31.2 Å². The molecule has 1 aromatic carbocycles. The molecule has 3 aliphatic rings. The first-order chi connectivity index (χ1) is 12.6. The Bertz CT molecular complexity index is 665. The van der Waals surface area contributed by atoms with Gasteiger partial charge in [0.05, 0.1) is 24.8 Å². The molecule has 2 saturated heterocycles. The maximum atomic E-state index is 13.1. The van der Waals surface area contributed by atoms with Gasteiger partial charge in [0, 0.05) is 11.6 Å². The maximum Gasteiger partial charge on any atom is 0.320 e. The Labute approximate surface area is 159 Å². The molecule has 3 unspecified atom stereocenters. The van der Waals surface area contributed by atoms with Gasteiger partial charge >= 0.3 is 6.03 Å². The predicted molar refractivity (Wildman–Crippen MR) is 98.7 cm³/mol. The lowest BCUT2D eigenvalue weighted by molar-refractivity contribution is -0.0889. The Hall–Kier alpha value is -1.34. The third-order valence-corrected chi connectivity index (χ3v) is 6.18. The van der Waals surface area contributed by atoms with Gasteiger partial charge < -0.3 is 10.1 Å². The van der Waals surface area contributed by atoms with Gasteiger partial charge in [-0.05, 0) is 44.2 Å². The lowest BCUT2D eigenvalue weighted by Gasteiger charge is -2.40. The van der Waals surface area contributed by atoms with Crippen molar-refractivity contribution in [1.82, 2.24) is 15.7 Å². The highest BCUT2D eigenvalue weighted by Crippen LogP contribution is 2.38. The van der Waals surface area contributed by atoms with Crippen LogP contribution in [0.4, 0.5) is 4.79 Å². The van der Waals surface area contributed by atoms with Gasteiger partial charge in [0.15, 0.2) is 0 Å². The molecule has 2 amide bonds. The van der Waals surface area contributed by atoms with Crippen LogP contribution in [0, 0.1) is 0 Å². The van der Waals surface area contributed by atoms with Gasteiger partial charge in [-0.25, -0.2) is 4.79 Å². The molecular formula is C19H26ClN3O3. The monoisotopic (exact) mass is 379 g/mol. The average molecular weight is 380 g/mol. The van der Waals surface area contributed by atoms with Crippen molar-refractivity contribution in [2.75, 3.05) is 13.2 Å². The first-order valence-corrected chi connectivity index (χ1v) is 9.86. The summed E-state index contributed by atoms with van der Waals surface area (Å²) in [5, 5.41) is 3.84. The van der Waals surface area contributed by atoms with Crippen molar-refractivity contribution in [3.63, 3.8) is 0 Å². The molecule has 1 spiro atoms. The zero-order chi connectivity index (χ0) is 18.1. The van der Waals surface area contributed by atoms with Gasteiger partial charge in [-0.15, -0.1) is 0 Å². The van der Waals surface area contributed by atoms with Crippen molar-refractivity contribution >= 4 is 17.6 Å². The zero-order valence-electron chi connectivity index (χ0n) is 15.0. The highest BCUT2D eigenvalue weighted by Gasteiger charge is 2.47. The van der Waals surface area contributed by atoms with Gasteiger partial charge in [0.2, 0.25) is 0 Å². The molecule has 0 radical (unpaired) electrons. The summed E-state index contributed by atoms with van der Waals surface area (Å²) in [5.74, 6) is 0. The molecule has 1 saturated carbocycles. The topological polar surface area (TPSA) is 62.8 Å². The third kappa shape index (κ3) is 3.20. The van der Waals surface area contributed by atoms with Crippen molar-refractivity contribution < 1.29 is 14.4 Å². The molecule has 2 aliphatic heterocycles.